The third-order valence-corrected chi connectivity index (χ3v) is 6.51. The Labute approximate surface area is 231 Å². The Morgan fingerprint density at radius 3 is 2.42 bits per heavy atom. The van der Waals surface area contributed by atoms with Crippen molar-refractivity contribution >= 4 is 18.2 Å². The molecule has 212 valence electrons. The molecule has 6 heteroatoms. The van der Waals surface area contributed by atoms with E-state index >= 15 is 0 Å². The van der Waals surface area contributed by atoms with Crippen molar-refractivity contribution in [3.63, 3.8) is 0 Å². The minimum Gasteiger partial charge on any atom is -0.496 e. The third-order valence-electron chi connectivity index (χ3n) is 6.51. The predicted octanol–water partition coefficient (Wildman–Crippen LogP) is 5.30. The van der Waals surface area contributed by atoms with Crippen LogP contribution in [0.15, 0.2) is 35.5 Å². The Hall–Kier alpha value is -2.73. The van der Waals surface area contributed by atoms with Gasteiger partial charge in [0.2, 0.25) is 0 Å². The molecule has 0 fully saturated rings. The number of rotatable bonds is 15. The lowest BCUT2D eigenvalue weighted by atomic mass is 9.84. The number of benzene rings is 1. The number of nitrogens with zero attached hydrogens (tertiary/aromatic N) is 2. The molecule has 3 N–H and O–H groups in total. The second-order valence-electron chi connectivity index (χ2n) is 12.1. The van der Waals surface area contributed by atoms with Gasteiger partial charge in [-0.2, -0.15) is 0 Å². The van der Waals surface area contributed by atoms with Crippen molar-refractivity contribution in [1.82, 2.24) is 9.88 Å². The van der Waals surface area contributed by atoms with E-state index in [-0.39, 0.29) is 10.8 Å². The minimum atomic E-state index is -0.134. The van der Waals surface area contributed by atoms with E-state index in [1.807, 2.05) is 6.07 Å². The molecule has 0 spiro atoms. The summed E-state index contributed by atoms with van der Waals surface area (Å²) in [4.78, 5) is 4.80. The summed E-state index contributed by atoms with van der Waals surface area (Å²) in [6.07, 6.45) is 7.21. The molecular formula is C32H52N4O2. The number of ether oxygens (including phenoxy) is 2. The number of hydrogen-bond acceptors (Lipinski definition) is 4. The molecule has 0 bridgehead atoms. The first-order chi connectivity index (χ1) is 17.9. The largest absolute Gasteiger partial charge is 0.496 e. The number of aliphatic imine (C=N–C) groups is 1. The highest BCUT2D eigenvalue weighted by Gasteiger charge is 2.24. The smallest absolute Gasteiger partial charge is 0.152 e. The van der Waals surface area contributed by atoms with Crippen molar-refractivity contribution in [2.24, 2.45) is 16.1 Å². The molecule has 2 aromatic rings. The topological polar surface area (TPSA) is 73.8 Å². The van der Waals surface area contributed by atoms with Gasteiger partial charge in [-0.05, 0) is 41.2 Å². The highest BCUT2D eigenvalue weighted by atomic mass is 16.5. The van der Waals surface area contributed by atoms with Crippen molar-refractivity contribution in [3.05, 3.63) is 52.2 Å². The molecule has 0 saturated carbocycles. The Morgan fingerprint density at radius 2 is 1.79 bits per heavy atom. The van der Waals surface area contributed by atoms with Crippen LogP contribution in [0.25, 0.3) is 12.4 Å². The first kappa shape index (κ1) is 31.5. The van der Waals surface area contributed by atoms with E-state index < -0.39 is 0 Å². The second kappa shape index (κ2) is 14.4. The van der Waals surface area contributed by atoms with Gasteiger partial charge in [-0.25, -0.2) is 4.99 Å². The van der Waals surface area contributed by atoms with Gasteiger partial charge in [-0.3, -0.25) is 0 Å². The number of hydrogen-bond donors (Lipinski definition) is 2. The first-order valence-electron chi connectivity index (χ1n) is 14.1. The van der Waals surface area contributed by atoms with Gasteiger partial charge in [0.1, 0.15) is 11.6 Å². The summed E-state index contributed by atoms with van der Waals surface area (Å²) in [6, 6.07) is 8.53. The molecule has 1 aromatic carbocycles. The quantitative estimate of drug-likeness (QED) is 0.188. The van der Waals surface area contributed by atoms with E-state index in [9.17, 15) is 0 Å². The standard InChI is InChI=1S/C32H52N4O2/c1-10-12-13-18-34-30(35-28(33)14-11-2)29-24(3)17-19-36(29)21-25-15-16-26(20-27(25)37-9)32(7,8)23-38-22-31(4,5)6/h15-17,19-20,34H,3,10-14,18,21-23H2,1-2,4-9H3,(H2,33,35)/b30-29+. The van der Waals surface area contributed by atoms with E-state index in [1.54, 1.807) is 7.11 Å². The molecule has 0 saturated heterocycles. The molecule has 6 nitrogen and oxygen atoms in total. The minimum absolute atomic E-state index is 0.134. The maximum atomic E-state index is 6.26. The van der Waals surface area contributed by atoms with Crippen LogP contribution in [0.2, 0.25) is 0 Å². The molecule has 0 radical (unpaired) electrons. The maximum Gasteiger partial charge on any atom is 0.152 e. The first-order valence-corrected chi connectivity index (χ1v) is 14.1. The Kier molecular flexibility index (Phi) is 12.0. The van der Waals surface area contributed by atoms with Crippen LogP contribution < -0.4 is 26.4 Å². The van der Waals surface area contributed by atoms with E-state index in [0.717, 1.165) is 60.1 Å². The molecular weight excluding hydrogens is 472 g/mol. The summed E-state index contributed by atoms with van der Waals surface area (Å²) >= 11 is 0. The fourth-order valence-corrected chi connectivity index (χ4v) is 4.33. The fraction of sp³-hybridized carbons (Fsp3) is 0.594. The van der Waals surface area contributed by atoms with Crippen molar-refractivity contribution in [1.29, 1.82) is 0 Å². The molecule has 0 aliphatic heterocycles. The van der Waals surface area contributed by atoms with Crippen molar-refractivity contribution in [2.45, 2.75) is 92.5 Å². The average Bonchev–Trinajstić information content (AvgIpc) is 3.20. The van der Waals surface area contributed by atoms with Crippen LogP contribution in [0.3, 0.4) is 0 Å². The van der Waals surface area contributed by atoms with E-state index in [4.69, 9.17) is 20.2 Å². The van der Waals surface area contributed by atoms with Crippen LogP contribution in [0.4, 0.5) is 0 Å². The zero-order valence-corrected chi connectivity index (χ0v) is 25.2. The third kappa shape index (κ3) is 9.54. The SMILES string of the molecule is C=c1ccn(Cc2ccc(C(C)(C)COCC(C)(C)C)cc2OC)/c1=C(/N=C(/N)CCC)NCCCCC. The van der Waals surface area contributed by atoms with E-state index in [2.05, 4.69) is 89.3 Å². The van der Waals surface area contributed by atoms with Gasteiger partial charge in [0.15, 0.2) is 5.82 Å². The number of nitrogens with two attached hydrogens (primary N) is 1. The van der Waals surface area contributed by atoms with E-state index in [0.29, 0.717) is 19.0 Å². The van der Waals surface area contributed by atoms with Gasteiger partial charge < -0.3 is 25.1 Å². The number of unbranched alkanes of at least 4 members (excludes halogenated alkanes) is 2. The molecule has 2 rings (SSSR count). The van der Waals surface area contributed by atoms with Gasteiger partial charge in [0, 0.05) is 30.1 Å². The van der Waals surface area contributed by atoms with Crippen LogP contribution in [0, 0.1) is 5.41 Å². The number of methoxy groups -OCH3 is 1. The number of nitrogens with one attached hydrogen (secondary N) is 1. The molecule has 0 amide bonds. The monoisotopic (exact) mass is 524 g/mol. The second-order valence-corrected chi connectivity index (χ2v) is 12.1. The zero-order valence-electron chi connectivity index (χ0n) is 25.2. The predicted molar refractivity (Wildman–Crippen MR) is 162 cm³/mol. The van der Waals surface area contributed by atoms with Crippen molar-refractivity contribution in [3.8, 4) is 5.75 Å². The highest BCUT2D eigenvalue weighted by Crippen LogP contribution is 2.30. The Morgan fingerprint density at radius 1 is 1.05 bits per heavy atom. The molecule has 1 heterocycles. The van der Waals surface area contributed by atoms with E-state index in [1.165, 1.54) is 18.4 Å². The summed E-state index contributed by atoms with van der Waals surface area (Å²) in [7, 11) is 1.73. The molecule has 0 atom stereocenters. The van der Waals surface area contributed by atoms with Crippen molar-refractivity contribution in [2.75, 3.05) is 26.9 Å². The summed E-state index contributed by atoms with van der Waals surface area (Å²) in [6.45, 7) is 22.5. The molecule has 0 aliphatic rings. The van der Waals surface area contributed by atoms with Crippen LogP contribution in [0.1, 0.15) is 91.7 Å². The van der Waals surface area contributed by atoms with Crippen LogP contribution >= 0.6 is 0 Å². The van der Waals surface area contributed by atoms with Crippen molar-refractivity contribution < 1.29 is 9.47 Å². The molecule has 38 heavy (non-hydrogen) atoms. The summed E-state index contributed by atoms with van der Waals surface area (Å²) in [5.74, 6) is 2.29. The Bertz CT molecular complexity index is 1160. The summed E-state index contributed by atoms with van der Waals surface area (Å²) in [5, 5.41) is 5.43. The lowest BCUT2D eigenvalue weighted by Crippen LogP contribution is -2.36. The van der Waals surface area contributed by atoms with Gasteiger partial charge in [-0.15, -0.1) is 0 Å². The van der Waals surface area contributed by atoms with Gasteiger partial charge in [-0.1, -0.05) is 80.0 Å². The Balaban J connectivity index is 2.42. The lowest BCUT2D eigenvalue weighted by molar-refractivity contribution is 0.0442. The normalized spacial score (nSPS) is 13.5. The number of aromatic nitrogens is 1. The number of amidine groups is 1. The molecule has 0 aliphatic carbocycles. The van der Waals surface area contributed by atoms with Gasteiger partial charge in [0.25, 0.3) is 0 Å². The molecule has 1 aromatic heterocycles. The molecule has 0 unspecified atom stereocenters. The summed E-state index contributed by atoms with van der Waals surface area (Å²) in [5.41, 5.74) is 8.56. The average molecular weight is 525 g/mol. The fourth-order valence-electron chi connectivity index (χ4n) is 4.33. The highest BCUT2D eigenvalue weighted by molar-refractivity contribution is 5.83. The van der Waals surface area contributed by atoms with Gasteiger partial charge >= 0.3 is 0 Å². The maximum absolute atomic E-state index is 6.26. The lowest BCUT2D eigenvalue weighted by Gasteiger charge is -2.28. The van der Waals surface area contributed by atoms with Crippen LogP contribution in [0.5, 0.6) is 5.75 Å². The zero-order chi connectivity index (χ0) is 28.3. The van der Waals surface area contributed by atoms with Crippen LogP contribution in [-0.4, -0.2) is 37.3 Å². The summed E-state index contributed by atoms with van der Waals surface area (Å²) < 4.78 is 14.1. The van der Waals surface area contributed by atoms with Crippen LogP contribution in [-0.2, 0) is 16.7 Å². The van der Waals surface area contributed by atoms with Gasteiger partial charge in [0.05, 0.1) is 32.2 Å².